The van der Waals surface area contributed by atoms with E-state index in [0.29, 0.717) is 17.9 Å². The van der Waals surface area contributed by atoms with Gasteiger partial charge in [0.05, 0.1) is 25.8 Å². The van der Waals surface area contributed by atoms with Crippen LogP contribution >= 0.6 is 0 Å². The Bertz CT molecular complexity index is 879. The summed E-state index contributed by atoms with van der Waals surface area (Å²) in [5.41, 5.74) is 2.27. The molecule has 1 fully saturated rings. The second-order valence-corrected chi connectivity index (χ2v) is 6.73. The lowest BCUT2D eigenvalue weighted by molar-refractivity contribution is -0.674. The zero-order valence-electron chi connectivity index (χ0n) is 16.0. The highest BCUT2D eigenvalue weighted by Gasteiger charge is 2.42. The fourth-order valence-electron chi connectivity index (χ4n) is 3.29. The summed E-state index contributed by atoms with van der Waals surface area (Å²) in [6.07, 6.45) is 0.963. The van der Waals surface area contributed by atoms with E-state index in [-0.39, 0.29) is 24.1 Å². The van der Waals surface area contributed by atoms with E-state index >= 15 is 0 Å². The van der Waals surface area contributed by atoms with Crippen molar-refractivity contribution in [3.63, 3.8) is 0 Å². The smallest absolute Gasteiger partial charge is 0.292 e. The van der Waals surface area contributed by atoms with Gasteiger partial charge in [0.1, 0.15) is 5.75 Å². The maximum Gasteiger partial charge on any atom is 0.292 e. The van der Waals surface area contributed by atoms with E-state index in [2.05, 4.69) is 5.32 Å². The highest BCUT2D eigenvalue weighted by molar-refractivity contribution is 6.21. The second-order valence-electron chi connectivity index (χ2n) is 6.73. The van der Waals surface area contributed by atoms with Crippen molar-refractivity contribution >= 4 is 29.1 Å². The van der Waals surface area contributed by atoms with E-state index in [1.165, 1.54) is 11.8 Å². The molecule has 1 saturated heterocycles. The molecule has 0 unspecified atom stereocenters. The van der Waals surface area contributed by atoms with Gasteiger partial charge in [-0.25, -0.2) is 4.90 Å². The molecule has 2 aromatic carbocycles. The van der Waals surface area contributed by atoms with Crippen molar-refractivity contribution in [2.24, 2.45) is 0 Å². The number of quaternary nitrogens is 1. The molecule has 7 heteroatoms. The van der Waals surface area contributed by atoms with Gasteiger partial charge in [0.2, 0.25) is 11.8 Å². The van der Waals surface area contributed by atoms with Gasteiger partial charge in [-0.05, 0) is 42.0 Å². The number of methoxy groups -OCH3 is 1. The van der Waals surface area contributed by atoms with Crippen LogP contribution in [-0.4, -0.2) is 37.4 Å². The number of amides is 3. The van der Waals surface area contributed by atoms with Crippen LogP contribution in [0.15, 0.2) is 48.5 Å². The number of rotatable bonds is 7. The molecule has 1 aliphatic rings. The average Bonchev–Trinajstić information content (AvgIpc) is 2.96. The van der Waals surface area contributed by atoms with Crippen LogP contribution < -0.4 is 20.3 Å². The van der Waals surface area contributed by atoms with Crippen molar-refractivity contribution < 1.29 is 24.4 Å². The summed E-state index contributed by atoms with van der Waals surface area (Å²) in [5, 5.41) is 4.58. The molecule has 3 N–H and O–H groups in total. The lowest BCUT2D eigenvalue weighted by atomic mass is 10.1. The van der Waals surface area contributed by atoms with Crippen molar-refractivity contribution in [3.8, 4) is 5.75 Å². The van der Waals surface area contributed by atoms with E-state index in [9.17, 15) is 14.4 Å². The molecular weight excluding hydrogens is 358 g/mol. The first-order valence-corrected chi connectivity index (χ1v) is 9.18. The Morgan fingerprint density at radius 3 is 2.64 bits per heavy atom. The SMILES string of the molecule is COc1cccc(CC[NH2+][C@@H]2CC(=O)N(c3ccc(NC(C)=O)cc3)C2=O)c1. The van der Waals surface area contributed by atoms with E-state index < -0.39 is 6.04 Å². The molecule has 3 amide bonds. The van der Waals surface area contributed by atoms with E-state index in [4.69, 9.17) is 4.74 Å². The molecule has 28 heavy (non-hydrogen) atoms. The van der Waals surface area contributed by atoms with Gasteiger partial charge in [0.25, 0.3) is 5.91 Å². The van der Waals surface area contributed by atoms with Gasteiger partial charge >= 0.3 is 0 Å². The first kappa shape index (κ1) is 19.6. The maximum atomic E-state index is 12.7. The quantitative estimate of drug-likeness (QED) is 0.701. The minimum Gasteiger partial charge on any atom is -0.497 e. The lowest BCUT2D eigenvalue weighted by Crippen LogP contribution is -2.92. The first-order chi connectivity index (χ1) is 13.5. The molecular formula is C21H24N3O4+. The van der Waals surface area contributed by atoms with Crippen LogP contribution in [0.4, 0.5) is 11.4 Å². The number of carbonyl (C=O) groups excluding carboxylic acids is 3. The molecule has 146 valence electrons. The second kappa shape index (κ2) is 8.67. The number of benzene rings is 2. The zero-order valence-corrected chi connectivity index (χ0v) is 16.0. The van der Waals surface area contributed by atoms with Crippen LogP contribution in [0.25, 0.3) is 0 Å². The molecule has 0 spiro atoms. The van der Waals surface area contributed by atoms with Gasteiger partial charge in [-0.1, -0.05) is 12.1 Å². The van der Waals surface area contributed by atoms with Crippen molar-refractivity contribution in [1.29, 1.82) is 0 Å². The van der Waals surface area contributed by atoms with Crippen LogP contribution in [0.3, 0.4) is 0 Å². The largest absolute Gasteiger partial charge is 0.497 e. The summed E-state index contributed by atoms with van der Waals surface area (Å²) in [5.74, 6) is 0.216. The Morgan fingerprint density at radius 1 is 1.21 bits per heavy atom. The molecule has 0 aliphatic carbocycles. The Balaban J connectivity index is 1.59. The zero-order chi connectivity index (χ0) is 20.1. The molecule has 1 heterocycles. The Kier molecular flexibility index (Phi) is 6.06. The highest BCUT2D eigenvalue weighted by atomic mass is 16.5. The van der Waals surface area contributed by atoms with Crippen molar-refractivity contribution in [2.75, 3.05) is 23.9 Å². The summed E-state index contributed by atoms with van der Waals surface area (Å²) < 4.78 is 5.22. The molecule has 0 saturated carbocycles. The minimum absolute atomic E-state index is 0.174. The van der Waals surface area contributed by atoms with E-state index in [1.807, 2.05) is 29.6 Å². The number of hydrogen-bond acceptors (Lipinski definition) is 4. The third-order valence-electron chi connectivity index (χ3n) is 4.65. The molecule has 0 bridgehead atoms. The summed E-state index contributed by atoms with van der Waals surface area (Å²) in [7, 11) is 1.63. The number of carbonyl (C=O) groups is 3. The van der Waals surface area contributed by atoms with Gasteiger partial charge in [-0.3, -0.25) is 14.4 Å². The van der Waals surface area contributed by atoms with Crippen LogP contribution in [-0.2, 0) is 20.8 Å². The average molecular weight is 382 g/mol. The molecule has 3 rings (SSSR count). The molecule has 0 aromatic heterocycles. The molecule has 2 aromatic rings. The predicted molar refractivity (Wildman–Crippen MR) is 105 cm³/mol. The number of nitrogens with two attached hydrogens (primary N) is 1. The van der Waals surface area contributed by atoms with Crippen molar-refractivity contribution in [3.05, 3.63) is 54.1 Å². The number of imide groups is 1. The van der Waals surface area contributed by atoms with Gasteiger partial charge in [0.15, 0.2) is 6.04 Å². The normalized spacial score (nSPS) is 16.4. The standard InChI is InChI=1S/C21H23N3O4/c1-14(25)23-16-6-8-17(9-7-16)24-20(26)13-19(21(24)27)22-11-10-15-4-3-5-18(12-15)28-2/h3-9,12,19,22H,10-11,13H2,1-2H3,(H,23,25)/p+1/t19-/m1/s1. The molecule has 0 radical (unpaired) electrons. The Morgan fingerprint density at radius 2 is 1.96 bits per heavy atom. The number of nitrogens with one attached hydrogen (secondary N) is 1. The van der Waals surface area contributed by atoms with Crippen molar-refractivity contribution in [2.45, 2.75) is 25.8 Å². The summed E-state index contributed by atoms with van der Waals surface area (Å²) in [6, 6.07) is 14.1. The fourth-order valence-corrected chi connectivity index (χ4v) is 3.29. The monoisotopic (exact) mass is 382 g/mol. The number of hydrogen-bond donors (Lipinski definition) is 2. The minimum atomic E-state index is -0.409. The van der Waals surface area contributed by atoms with E-state index in [1.54, 1.807) is 31.4 Å². The fraction of sp³-hybridized carbons (Fsp3) is 0.286. The summed E-state index contributed by atoms with van der Waals surface area (Å²) >= 11 is 0. The third-order valence-corrected chi connectivity index (χ3v) is 4.65. The summed E-state index contributed by atoms with van der Waals surface area (Å²) in [4.78, 5) is 37.4. The predicted octanol–water partition coefficient (Wildman–Crippen LogP) is 1.09. The van der Waals surface area contributed by atoms with E-state index in [0.717, 1.165) is 17.7 Å². The van der Waals surface area contributed by atoms with Crippen LogP contribution in [0, 0.1) is 0 Å². The number of anilines is 2. The van der Waals surface area contributed by atoms with Gasteiger partial charge in [-0.15, -0.1) is 0 Å². The van der Waals surface area contributed by atoms with Gasteiger partial charge in [-0.2, -0.15) is 0 Å². The molecule has 7 nitrogen and oxygen atoms in total. The summed E-state index contributed by atoms with van der Waals surface area (Å²) in [6.45, 7) is 2.12. The Labute approximate surface area is 163 Å². The maximum absolute atomic E-state index is 12.7. The van der Waals surface area contributed by atoms with Gasteiger partial charge < -0.3 is 15.4 Å². The van der Waals surface area contributed by atoms with Gasteiger partial charge in [0, 0.05) is 19.0 Å². The number of ether oxygens (including phenoxy) is 1. The highest BCUT2D eigenvalue weighted by Crippen LogP contribution is 2.23. The van der Waals surface area contributed by atoms with Crippen LogP contribution in [0.5, 0.6) is 5.75 Å². The first-order valence-electron chi connectivity index (χ1n) is 9.18. The van der Waals surface area contributed by atoms with Crippen LogP contribution in [0.1, 0.15) is 18.9 Å². The number of nitrogens with zero attached hydrogens (tertiary/aromatic N) is 1. The van der Waals surface area contributed by atoms with Crippen molar-refractivity contribution in [1.82, 2.24) is 0 Å². The molecule has 1 atom stereocenters. The topological polar surface area (TPSA) is 92.3 Å². The lowest BCUT2D eigenvalue weighted by Gasteiger charge is -2.15. The third kappa shape index (κ3) is 4.55. The Hall–Kier alpha value is -3.19. The van der Waals surface area contributed by atoms with Crippen LogP contribution in [0.2, 0.25) is 0 Å². The molecule has 1 aliphatic heterocycles.